The molecule has 0 saturated heterocycles. The van der Waals surface area contributed by atoms with E-state index in [2.05, 4.69) is 5.43 Å². The van der Waals surface area contributed by atoms with E-state index < -0.39 is 24.3 Å². The van der Waals surface area contributed by atoms with Crippen LogP contribution in [-0.2, 0) is 4.79 Å². The molecule has 7 heteroatoms. The van der Waals surface area contributed by atoms with E-state index in [1.54, 1.807) is 12.1 Å². The highest BCUT2D eigenvalue weighted by molar-refractivity contribution is 5.89. The summed E-state index contributed by atoms with van der Waals surface area (Å²) in [6.07, 6.45) is -0.421. The molecule has 1 aliphatic heterocycles. The quantitative estimate of drug-likeness (QED) is 0.892. The third-order valence-corrected chi connectivity index (χ3v) is 4.04. The van der Waals surface area contributed by atoms with Crippen molar-refractivity contribution in [1.29, 1.82) is 10.5 Å². The molecule has 2 N–H and O–H groups in total. The van der Waals surface area contributed by atoms with Crippen molar-refractivity contribution in [3.8, 4) is 17.9 Å². The van der Waals surface area contributed by atoms with Crippen LogP contribution < -0.4 is 10.2 Å². The minimum atomic E-state index is -0.770. The zero-order valence-corrected chi connectivity index (χ0v) is 13.4. The Kier molecular flexibility index (Phi) is 4.25. The van der Waals surface area contributed by atoms with Crippen LogP contribution >= 0.6 is 0 Å². The summed E-state index contributed by atoms with van der Waals surface area (Å²) in [5.41, 5.74) is 3.44. The highest BCUT2D eigenvalue weighted by Gasteiger charge is 2.38. The van der Waals surface area contributed by atoms with Gasteiger partial charge in [-0.05, 0) is 16.8 Å². The molecule has 2 aromatic rings. The number of aliphatic hydroxyl groups excluding tert-OH is 1. The molecule has 1 atom stereocenters. The number of hydrogen-bond acceptors (Lipinski definition) is 6. The van der Waals surface area contributed by atoms with Crippen molar-refractivity contribution in [2.24, 2.45) is 0 Å². The number of aliphatic hydroxyl groups is 1. The van der Waals surface area contributed by atoms with Crippen LogP contribution in [0.1, 0.15) is 18.0 Å². The van der Waals surface area contributed by atoms with E-state index in [0.29, 0.717) is 11.3 Å². The van der Waals surface area contributed by atoms with Crippen LogP contribution in [0.15, 0.2) is 47.9 Å². The fourth-order valence-electron chi connectivity index (χ4n) is 2.92. The molecule has 0 bridgehead atoms. The Hall–Kier alpha value is -3.55. The molecule has 0 aromatic heterocycles. The van der Waals surface area contributed by atoms with Crippen molar-refractivity contribution < 1.29 is 14.6 Å². The summed E-state index contributed by atoms with van der Waals surface area (Å²) in [7, 11) is 1.51. The first-order valence-corrected chi connectivity index (χ1v) is 7.47. The number of fused-ring (bicyclic) bond motifs is 1. The first-order valence-electron chi connectivity index (χ1n) is 7.47. The van der Waals surface area contributed by atoms with Gasteiger partial charge in [0.15, 0.2) is 0 Å². The number of nitrogens with zero attached hydrogens (tertiary/aromatic N) is 3. The summed E-state index contributed by atoms with van der Waals surface area (Å²) >= 11 is 0. The molecular weight excluding hydrogens is 320 g/mol. The van der Waals surface area contributed by atoms with E-state index in [1.807, 2.05) is 36.4 Å². The second-order valence-corrected chi connectivity index (χ2v) is 5.38. The molecule has 0 spiro atoms. The number of hydrogen-bond donors (Lipinski definition) is 2. The van der Waals surface area contributed by atoms with E-state index in [4.69, 9.17) is 10.00 Å². The van der Waals surface area contributed by atoms with Crippen LogP contribution in [0.5, 0.6) is 5.75 Å². The Balaban J connectivity index is 2.17. The van der Waals surface area contributed by atoms with Gasteiger partial charge in [0, 0.05) is 5.56 Å². The van der Waals surface area contributed by atoms with Crippen molar-refractivity contribution in [3.05, 3.63) is 53.4 Å². The zero-order valence-electron chi connectivity index (χ0n) is 13.4. The van der Waals surface area contributed by atoms with Crippen molar-refractivity contribution in [3.63, 3.8) is 0 Å². The minimum Gasteiger partial charge on any atom is -0.496 e. The lowest BCUT2D eigenvalue weighted by Gasteiger charge is -2.21. The normalized spacial score (nSPS) is 16.6. The highest BCUT2D eigenvalue weighted by atomic mass is 16.5. The maximum absolute atomic E-state index is 12.0. The van der Waals surface area contributed by atoms with Gasteiger partial charge in [-0.2, -0.15) is 10.5 Å². The van der Waals surface area contributed by atoms with Gasteiger partial charge in [-0.25, -0.2) is 10.4 Å². The van der Waals surface area contributed by atoms with Gasteiger partial charge in [-0.3, -0.25) is 4.79 Å². The summed E-state index contributed by atoms with van der Waals surface area (Å²) in [5, 5.41) is 31.0. The topological polar surface area (TPSA) is 109 Å². The first kappa shape index (κ1) is 16.3. The SMILES string of the molecule is COc1ccc2ccccc2c1C1NN(C(=O)CC#N)C(O)=C1C#N. The number of amides is 1. The van der Waals surface area contributed by atoms with E-state index in [0.717, 1.165) is 15.8 Å². The first-order chi connectivity index (χ1) is 12.1. The summed E-state index contributed by atoms with van der Waals surface area (Å²) in [4.78, 5) is 12.0. The van der Waals surface area contributed by atoms with Gasteiger partial charge in [0.25, 0.3) is 5.91 Å². The molecule has 2 aromatic carbocycles. The number of nitriles is 2. The van der Waals surface area contributed by atoms with Crippen molar-refractivity contribution in [2.75, 3.05) is 7.11 Å². The van der Waals surface area contributed by atoms with E-state index >= 15 is 0 Å². The maximum atomic E-state index is 12.0. The molecule has 1 amide bonds. The maximum Gasteiger partial charge on any atom is 0.258 e. The van der Waals surface area contributed by atoms with Gasteiger partial charge in [0.05, 0.1) is 19.2 Å². The van der Waals surface area contributed by atoms with Crippen LogP contribution in [0.2, 0.25) is 0 Å². The predicted molar refractivity (Wildman–Crippen MR) is 88.7 cm³/mol. The molecule has 0 radical (unpaired) electrons. The molecular formula is C18H14N4O3. The second kappa shape index (κ2) is 6.52. The van der Waals surface area contributed by atoms with Crippen LogP contribution in [0.4, 0.5) is 0 Å². The van der Waals surface area contributed by atoms with Gasteiger partial charge in [0.2, 0.25) is 5.88 Å². The van der Waals surface area contributed by atoms with E-state index in [9.17, 15) is 15.2 Å². The molecule has 1 heterocycles. The van der Waals surface area contributed by atoms with Crippen LogP contribution in [-0.4, -0.2) is 23.1 Å². The Bertz CT molecular complexity index is 968. The number of rotatable bonds is 3. The number of hydrazine groups is 1. The molecule has 0 fully saturated rings. The highest BCUT2D eigenvalue weighted by Crippen LogP contribution is 2.40. The fourth-order valence-corrected chi connectivity index (χ4v) is 2.92. The predicted octanol–water partition coefficient (Wildman–Crippen LogP) is 2.44. The average Bonchev–Trinajstić information content (AvgIpc) is 2.97. The molecule has 3 rings (SSSR count). The molecule has 124 valence electrons. The van der Waals surface area contributed by atoms with E-state index in [-0.39, 0.29) is 5.57 Å². The Morgan fingerprint density at radius 1 is 1.32 bits per heavy atom. The van der Waals surface area contributed by atoms with Crippen molar-refractivity contribution in [1.82, 2.24) is 10.4 Å². The van der Waals surface area contributed by atoms with Crippen LogP contribution in [0.25, 0.3) is 10.8 Å². The minimum absolute atomic E-state index is 0.0130. The lowest BCUT2D eigenvalue weighted by molar-refractivity contribution is -0.132. The third-order valence-electron chi connectivity index (χ3n) is 4.04. The number of carbonyl (C=O) groups is 1. The standard InChI is InChI=1S/C18H14N4O3/c1-25-14-7-6-11-4-2-3-5-12(11)16(14)17-13(10-20)18(24)22(21-17)15(23)8-9-19/h2-7,17,21,24H,8H2,1H3. The van der Waals surface area contributed by atoms with Gasteiger partial charge in [-0.15, -0.1) is 0 Å². The number of carbonyl (C=O) groups excluding carboxylic acids is 1. The van der Waals surface area contributed by atoms with Crippen molar-refractivity contribution in [2.45, 2.75) is 12.5 Å². The second-order valence-electron chi connectivity index (χ2n) is 5.38. The summed E-state index contributed by atoms with van der Waals surface area (Å²) in [6, 6.07) is 14.1. The Morgan fingerprint density at radius 2 is 2.08 bits per heavy atom. The Labute approximate surface area is 143 Å². The largest absolute Gasteiger partial charge is 0.496 e. The molecule has 0 aliphatic carbocycles. The molecule has 7 nitrogen and oxygen atoms in total. The summed E-state index contributed by atoms with van der Waals surface area (Å²) < 4.78 is 5.43. The number of ether oxygens (including phenoxy) is 1. The molecule has 1 aliphatic rings. The molecule has 0 saturated carbocycles. The Morgan fingerprint density at radius 3 is 2.76 bits per heavy atom. The third kappa shape index (κ3) is 2.63. The summed E-state index contributed by atoms with van der Waals surface area (Å²) in [6.45, 7) is 0. The van der Waals surface area contributed by atoms with E-state index in [1.165, 1.54) is 7.11 Å². The van der Waals surface area contributed by atoms with Crippen molar-refractivity contribution >= 4 is 16.7 Å². The number of nitrogens with one attached hydrogen (secondary N) is 1. The molecule has 1 unspecified atom stereocenters. The number of benzene rings is 2. The fraction of sp³-hybridized carbons (Fsp3) is 0.167. The lowest BCUT2D eigenvalue weighted by Crippen LogP contribution is -2.38. The average molecular weight is 334 g/mol. The van der Waals surface area contributed by atoms with Crippen LogP contribution in [0, 0.1) is 22.7 Å². The summed E-state index contributed by atoms with van der Waals surface area (Å²) in [5.74, 6) is -0.622. The van der Waals surface area contributed by atoms with Gasteiger partial charge in [-0.1, -0.05) is 30.3 Å². The monoisotopic (exact) mass is 334 g/mol. The van der Waals surface area contributed by atoms with Gasteiger partial charge < -0.3 is 9.84 Å². The van der Waals surface area contributed by atoms with Gasteiger partial charge in [0.1, 0.15) is 23.8 Å². The molecule has 25 heavy (non-hydrogen) atoms. The smallest absolute Gasteiger partial charge is 0.258 e. The zero-order chi connectivity index (χ0) is 18.0. The van der Waals surface area contributed by atoms with Gasteiger partial charge >= 0.3 is 0 Å². The van der Waals surface area contributed by atoms with Crippen LogP contribution in [0.3, 0.4) is 0 Å². The number of methoxy groups -OCH3 is 1. The lowest BCUT2D eigenvalue weighted by atomic mass is 9.94.